The van der Waals surface area contributed by atoms with Crippen molar-refractivity contribution in [1.82, 2.24) is 5.32 Å². The van der Waals surface area contributed by atoms with Crippen LogP contribution < -0.4 is 10.2 Å². The summed E-state index contributed by atoms with van der Waals surface area (Å²) in [6.07, 6.45) is 81.2. The van der Waals surface area contributed by atoms with Crippen LogP contribution in [-0.4, -0.2) is 69.4 Å². The molecule has 9 nitrogen and oxygen atoms in total. The Morgan fingerprint density at radius 3 is 1.13 bits per heavy atom. The molecule has 0 spiro atoms. The highest BCUT2D eigenvalue weighted by atomic mass is 31.2. The van der Waals surface area contributed by atoms with Crippen LogP contribution in [0.25, 0.3) is 0 Å². The van der Waals surface area contributed by atoms with E-state index in [9.17, 15) is 19.0 Å². The van der Waals surface area contributed by atoms with E-state index in [0.717, 1.165) is 96.3 Å². The number of unbranched alkanes of at least 4 members (excludes halogenated alkanes) is 34. The monoisotopic (exact) mass is 1170 g/mol. The fourth-order valence-electron chi connectivity index (χ4n) is 9.71. The largest absolute Gasteiger partial charge is 0.756 e. The molecule has 0 aliphatic carbocycles. The molecule has 0 saturated heterocycles. The van der Waals surface area contributed by atoms with E-state index in [1.54, 1.807) is 0 Å². The summed E-state index contributed by atoms with van der Waals surface area (Å²) in [6.45, 7) is 6.80. The van der Waals surface area contributed by atoms with Gasteiger partial charge in [-0.2, -0.15) is 0 Å². The molecule has 0 aliphatic rings. The highest BCUT2D eigenvalue weighted by Gasteiger charge is 2.27. The van der Waals surface area contributed by atoms with Crippen LogP contribution in [0.1, 0.15) is 310 Å². The molecule has 1 N–H and O–H groups in total. The second kappa shape index (κ2) is 61.3. The summed E-state index contributed by atoms with van der Waals surface area (Å²) in [4.78, 5) is 40.1. The van der Waals surface area contributed by atoms with Crippen molar-refractivity contribution in [1.29, 1.82) is 0 Å². The van der Waals surface area contributed by atoms with Gasteiger partial charge in [0.25, 0.3) is 7.82 Å². The Labute approximate surface area is 507 Å². The summed E-state index contributed by atoms with van der Waals surface area (Å²) in [7, 11) is 1.17. The van der Waals surface area contributed by atoms with E-state index < -0.39 is 26.6 Å². The third-order valence-corrected chi connectivity index (χ3v) is 16.0. The number of hydrogen-bond acceptors (Lipinski definition) is 7. The van der Waals surface area contributed by atoms with E-state index in [4.69, 9.17) is 13.8 Å². The number of amides is 1. The molecule has 0 aromatic heterocycles. The topological polar surface area (TPSA) is 114 Å². The lowest BCUT2D eigenvalue weighted by Crippen LogP contribution is -2.47. The maximum Gasteiger partial charge on any atom is 0.306 e. The minimum absolute atomic E-state index is 0.0277. The molecule has 0 rings (SSSR count). The lowest BCUT2D eigenvalue weighted by atomic mass is 10.0. The Hall–Kier alpha value is -2.81. The van der Waals surface area contributed by atoms with Crippen LogP contribution in [-0.2, 0) is 27.9 Å². The molecule has 0 aromatic carbocycles. The van der Waals surface area contributed by atoms with Crippen molar-refractivity contribution in [2.45, 2.75) is 322 Å². The maximum absolute atomic E-state index is 13.6. The summed E-state index contributed by atoms with van der Waals surface area (Å²) >= 11 is 0. The minimum Gasteiger partial charge on any atom is -0.756 e. The second-order valence-corrected chi connectivity index (χ2v) is 25.7. The molecular weight excluding hydrogens is 1040 g/mol. The maximum atomic E-state index is 13.6. The number of carbonyl (C=O) groups is 2. The van der Waals surface area contributed by atoms with E-state index >= 15 is 0 Å². The summed E-state index contributed by atoms with van der Waals surface area (Å²) in [5.74, 6) is -0.551. The number of quaternary nitrogens is 1. The number of allylic oxidation sites excluding steroid dienone is 13. The number of phosphoric acid groups is 1. The smallest absolute Gasteiger partial charge is 0.306 e. The first-order valence-corrected chi connectivity index (χ1v) is 35.9. The quantitative estimate of drug-likeness (QED) is 0.0212. The molecule has 10 heteroatoms. The predicted octanol–water partition coefficient (Wildman–Crippen LogP) is 21.1. The summed E-state index contributed by atoms with van der Waals surface area (Å²) in [6, 6.07) is -0.900. The first kappa shape index (κ1) is 79.2. The molecule has 82 heavy (non-hydrogen) atoms. The molecule has 0 saturated carbocycles. The van der Waals surface area contributed by atoms with Crippen LogP contribution in [0.5, 0.6) is 0 Å². The summed E-state index contributed by atoms with van der Waals surface area (Å²) in [5, 5.41) is 3.03. The Morgan fingerprint density at radius 2 is 0.744 bits per heavy atom. The number of esters is 1. The highest BCUT2D eigenvalue weighted by Crippen LogP contribution is 2.38. The zero-order valence-electron chi connectivity index (χ0n) is 54.4. The molecule has 3 atom stereocenters. The number of ether oxygens (including phenoxy) is 1. The molecule has 0 fully saturated rings. The van der Waals surface area contributed by atoms with Crippen molar-refractivity contribution in [3.63, 3.8) is 0 Å². The number of nitrogens with one attached hydrogen (secondary N) is 1. The van der Waals surface area contributed by atoms with Gasteiger partial charge in [-0.15, -0.1) is 0 Å². The third kappa shape index (κ3) is 61.7. The van der Waals surface area contributed by atoms with Crippen LogP contribution in [0, 0.1) is 0 Å². The Kier molecular flexibility index (Phi) is 59.2. The second-order valence-electron chi connectivity index (χ2n) is 24.3. The van der Waals surface area contributed by atoms with Crippen molar-refractivity contribution < 1.29 is 37.3 Å². The highest BCUT2D eigenvalue weighted by molar-refractivity contribution is 7.45. The number of hydrogen-bond donors (Lipinski definition) is 1. The van der Waals surface area contributed by atoms with Gasteiger partial charge in [0.2, 0.25) is 5.91 Å². The van der Waals surface area contributed by atoms with Gasteiger partial charge in [0.05, 0.1) is 33.8 Å². The van der Waals surface area contributed by atoms with Gasteiger partial charge < -0.3 is 28.5 Å². The van der Waals surface area contributed by atoms with Gasteiger partial charge in [0, 0.05) is 12.8 Å². The standard InChI is InChI=1S/C72H131N2O7P/c1-7-10-13-16-19-22-25-28-30-32-34-36-37-39-40-42-44-46-49-52-55-58-61-64-71(75)73-69(68-80-82(77,78)79-67-66-74(4,5)6)70(63-60-57-54-51-48-27-24-21-18-15-12-9-3)81-72(76)65-62-59-56-53-50-47-45-43-41-38-35-33-31-29-26-23-20-17-14-11-8-2/h19-20,22-23,28-31,34,36,39-40,60,63,69-70H,7-18,21,24-27,32-33,35,37-38,41-59,61-62,64-68H2,1-6H3,(H-,73,75,77,78)/b22-19-,23-20-,30-28-,31-29-,36-34-,40-39-,63-60+. The molecule has 3 unspecified atom stereocenters. The van der Waals surface area contributed by atoms with Crippen molar-refractivity contribution in [2.24, 2.45) is 0 Å². The average Bonchev–Trinajstić information content (AvgIpc) is 3.47. The lowest BCUT2D eigenvalue weighted by molar-refractivity contribution is -0.870. The van der Waals surface area contributed by atoms with Crippen molar-refractivity contribution >= 4 is 19.7 Å². The molecule has 0 bridgehead atoms. The summed E-state index contributed by atoms with van der Waals surface area (Å²) in [5.41, 5.74) is 0. The zero-order valence-corrected chi connectivity index (χ0v) is 55.3. The Morgan fingerprint density at radius 1 is 0.427 bits per heavy atom. The molecule has 476 valence electrons. The third-order valence-electron chi connectivity index (χ3n) is 15.0. The molecule has 0 aromatic rings. The fraction of sp³-hybridized carbons (Fsp3) is 0.778. The van der Waals surface area contributed by atoms with E-state index in [2.05, 4.69) is 99.0 Å². The number of likely N-dealkylation sites (N-methyl/N-ethyl adjacent to an activating group) is 1. The van der Waals surface area contributed by atoms with Crippen molar-refractivity contribution in [3.05, 3.63) is 85.1 Å². The van der Waals surface area contributed by atoms with Gasteiger partial charge in [0.15, 0.2) is 0 Å². The number of carbonyl (C=O) groups excluding carboxylic acids is 2. The Bertz CT molecular complexity index is 1680. The average molecular weight is 1170 g/mol. The van der Waals surface area contributed by atoms with Gasteiger partial charge >= 0.3 is 5.97 Å². The fourth-order valence-corrected chi connectivity index (χ4v) is 10.4. The van der Waals surface area contributed by atoms with E-state index in [-0.39, 0.29) is 24.9 Å². The van der Waals surface area contributed by atoms with E-state index in [0.29, 0.717) is 17.4 Å². The van der Waals surface area contributed by atoms with Crippen LogP contribution in [0.4, 0.5) is 0 Å². The normalized spacial score (nSPS) is 14.1. The predicted molar refractivity (Wildman–Crippen MR) is 353 cm³/mol. The van der Waals surface area contributed by atoms with E-state index in [1.807, 2.05) is 33.3 Å². The molecular formula is C72H131N2O7P. The van der Waals surface area contributed by atoms with Crippen LogP contribution in [0.15, 0.2) is 85.1 Å². The summed E-state index contributed by atoms with van der Waals surface area (Å²) < 4.78 is 30.4. The van der Waals surface area contributed by atoms with Gasteiger partial charge in [-0.25, -0.2) is 0 Å². The SMILES string of the molecule is CCCCC/C=C\C/C=C\C/C=C\C/C=C\CCCCCCCCCC(=O)NC(COP(=O)([O-])OCC[N+](C)(C)C)C(/C=C/CCCCCCCCCCCC)OC(=O)CCCCCCCCCCCCC/C=C\C/C=C\CCCCC. The first-order chi connectivity index (χ1) is 39.9. The number of rotatable bonds is 62. The molecule has 0 heterocycles. The molecule has 0 aliphatic heterocycles. The number of phosphoric ester groups is 1. The Balaban J connectivity index is 5.16. The van der Waals surface area contributed by atoms with Gasteiger partial charge in [0.1, 0.15) is 19.3 Å². The van der Waals surface area contributed by atoms with E-state index in [1.165, 1.54) is 180 Å². The zero-order chi connectivity index (χ0) is 60.0. The lowest BCUT2D eigenvalue weighted by Gasteiger charge is -2.30. The number of nitrogens with zero attached hydrogens (tertiary/aromatic N) is 1. The van der Waals surface area contributed by atoms with Gasteiger partial charge in [-0.1, -0.05) is 273 Å². The molecule has 1 amide bonds. The van der Waals surface area contributed by atoms with Crippen LogP contribution in [0.3, 0.4) is 0 Å². The first-order valence-electron chi connectivity index (χ1n) is 34.4. The minimum atomic E-state index is -4.71. The van der Waals surface area contributed by atoms with Crippen LogP contribution in [0.2, 0.25) is 0 Å². The van der Waals surface area contributed by atoms with Crippen LogP contribution >= 0.6 is 7.82 Å². The van der Waals surface area contributed by atoms with Crippen molar-refractivity contribution in [3.8, 4) is 0 Å². The van der Waals surface area contributed by atoms with Gasteiger partial charge in [-0.05, 0) is 109 Å². The van der Waals surface area contributed by atoms with Crippen molar-refractivity contribution in [2.75, 3.05) is 40.9 Å². The molecule has 0 radical (unpaired) electrons. The van der Waals surface area contributed by atoms with Gasteiger partial charge in [-0.3, -0.25) is 14.2 Å².